The number of hydrogen-bond acceptors (Lipinski definition) is 5. The molecule has 7 heteroatoms. The Morgan fingerprint density at radius 2 is 1.59 bits per heavy atom. The number of nitrogens with zero attached hydrogens (tertiary/aromatic N) is 4. The molecule has 1 unspecified atom stereocenters. The molecule has 1 atom stereocenters. The second-order valence-corrected chi connectivity index (χ2v) is 11.8. The Morgan fingerprint density at radius 1 is 1.00 bits per heavy atom. The van der Waals surface area contributed by atoms with Gasteiger partial charge in [-0.15, -0.1) is 0 Å². The van der Waals surface area contributed by atoms with Crippen molar-refractivity contribution in [3.8, 4) is 0 Å². The summed E-state index contributed by atoms with van der Waals surface area (Å²) in [4.78, 5) is 13.1. The fourth-order valence-corrected chi connectivity index (χ4v) is 6.32. The lowest BCUT2D eigenvalue weighted by Gasteiger charge is -2.27. The van der Waals surface area contributed by atoms with Crippen LogP contribution in [0.25, 0.3) is 6.20 Å². The van der Waals surface area contributed by atoms with Gasteiger partial charge >= 0.3 is 0 Å². The van der Waals surface area contributed by atoms with Gasteiger partial charge in [0.1, 0.15) is 11.7 Å². The van der Waals surface area contributed by atoms with Crippen molar-refractivity contribution in [2.75, 3.05) is 12.3 Å². The molecule has 0 aliphatic heterocycles. The minimum atomic E-state index is -2.19. The molecule has 3 aromatic rings. The van der Waals surface area contributed by atoms with E-state index in [1.165, 1.54) is 0 Å². The van der Waals surface area contributed by atoms with Gasteiger partial charge in [0.05, 0.1) is 0 Å². The predicted molar refractivity (Wildman–Crippen MR) is 113 cm³/mol. The quantitative estimate of drug-likeness (QED) is 0.557. The number of pyridine rings is 2. The zero-order valence-corrected chi connectivity index (χ0v) is 16.8. The lowest BCUT2D eigenvalue weighted by molar-refractivity contribution is 0.251. The Labute approximate surface area is 164 Å². The smallest absolute Gasteiger partial charge is 0.146 e. The van der Waals surface area contributed by atoms with Gasteiger partial charge in [0.15, 0.2) is 0 Å². The van der Waals surface area contributed by atoms with Gasteiger partial charge < -0.3 is 9.67 Å². The van der Waals surface area contributed by atoms with Gasteiger partial charge in [0, 0.05) is 42.4 Å². The lowest BCUT2D eigenvalue weighted by atomic mass is 10.3. The molecule has 27 heavy (non-hydrogen) atoms. The fourth-order valence-electron chi connectivity index (χ4n) is 2.95. The van der Waals surface area contributed by atoms with Gasteiger partial charge in [-0.1, -0.05) is 30.5 Å². The van der Waals surface area contributed by atoms with E-state index in [0.29, 0.717) is 5.82 Å². The molecule has 0 fully saturated rings. The van der Waals surface area contributed by atoms with Crippen molar-refractivity contribution in [1.82, 2.24) is 19.5 Å². The third kappa shape index (κ3) is 4.98. The first-order valence-electron chi connectivity index (χ1n) is 8.83. The van der Waals surface area contributed by atoms with Gasteiger partial charge in [0.2, 0.25) is 0 Å². The third-order valence-corrected chi connectivity index (χ3v) is 9.30. The minimum absolute atomic E-state index is 0.565. The first-order valence-corrected chi connectivity index (χ1v) is 12.1. The number of rotatable bonds is 9. The van der Waals surface area contributed by atoms with Crippen molar-refractivity contribution in [3.63, 3.8) is 0 Å². The molecule has 140 valence electrons. The normalized spacial score (nSPS) is 12.6. The van der Waals surface area contributed by atoms with Crippen LogP contribution in [0.15, 0.2) is 67.8 Å². The molecule has 0 aromatic carbocycles. The maximum Gasteiger partial charge on any atom is 0.146 e. The highest BCUT2D eigenvalue weighted by molar-refractivity contribution is 8.14. The number of aliphatic hydroxyl groups excluding tert-OH is 1. The summed E-state index contributed by atoms with van der Waals surface area (Å²) in [6.45, 7) is 3.79. The molecule has 3 rings (SSSR count). The molecule has 3 heterocycles. The van der Waals surface area contributed by atoms with Gasteiger partial charge in [-0.05, 0) is 55.5 Å². The average Bonchev–Trinajstić information content (AvgIpc) is 3.20. The molecular weight excluding hydrogens is 375 g/mol. The summed E-state index contributed by atoms with van der Waals surface area (Å²) in [7, 11) is 0. The highest BCUT2D eigenvalue weighted by Gasteiger charge is 2.31. The van der Waals surface area contributed by atoms with Crippen LogP contribution in [-0.2, 0) is 24.6 Å². The summed E-state index contributed by atoms with van der Waals surface area (Å²) in [6.07, 6.45) is 11.6. The van der Waals surface area contributed by atoms with Crippen molar-refractivity contribution in [1.29, 1.82) is 0 Å². The van der Waals surface area contributed by atoms with E-state index in [-0.39, 0.29) is 0 Å². The molecule has 0 bridgehead atoms. The number of aryl methyl sites for hydroxylation is 2. The van der Waals surface area contributed by atoms with Crippen LogP contribution >= 0.6 is 6.04 Å². The molecule has 5 nitrogen and oxygen atoms in total. The Balaban J connectivity index is 1.82. The molecule has 3 aromatic heterocycles. The molecule has 0 saturated carbocycles. The highest BCUT2D eigenvalue weighted by Crippen LogP contribution is 2.58. The maximum atomic E-state index is 11.2. The van der Waals surface area contributed by atoms with E-state index in [1.807, 2.05) is 36.4 Å². The van der Waals surface area contributed by atoms with E-state index in [0.717, 1.165) is 36.6 Å². The summed E-state index contributed by atoms with van der Waals surface area (Å²) in [5.41, 5.74) is 1.98. The highest BCUT2D eigenvalue weighted by atomic mass is 32.4. The monoisotopic (exact) mass is 398 g/mol. The topological polar surface area (TPSA) is 63.8 Å². The van der Waals surface area contributed by atoms with Crippen LogP contribution in [0.5, 0.6) is 0 Å². The van der Waals surface area contributed by atoms with E-state index in [9.17, 15) is 5.11 Å². The molecule has 0 amide bonds. The van der Waals surface area contributed by atoms with Crippen LogP contribution in [0.1, 0.15) is 23.1 Å². The molecular formula is C20H23N4OPS. The van der Waals surface area contributed by atoms with Crippen LogP contribution in [0.4, 0.5) is 0 Å². The van der Waals surface area contributed by atoms with Crippen LogP contribution < -0.4 is 0 Å². The summed E-state index contributed by atoms with van der Waals surface area (Å²) < 4.78 is 1.74. The lowest BCUT2D eigenvalue weighted by Crippen LogP contribution is -2.13. The second-order valence-electron chi connectivity index (χ2n) is 6.29. The number of hydrogen-bond donors (Lipinski definition) is 1. The fraction of sp³-hybridized carbons (Fsp3) is 0.250. The molecule has 0 aliphatic rings. The van der Waals surface area contributed by atoms with E-state index in [2.05, 4.69) is 21.5 Å². The predicted octanol–water partition coefficient (Wildman–Crippen LogP) is 3.73. The first-order chi connectivity index (χ1) is 13.1. The van der Waals surface area contributed by atoms with E-state index in [4.69, 9.17) is 11.8 Å². The van der Waals surface area contributed by atoms with E-state index in [1.54, 1.807) is 35.6 Å². The average molecular weight is 398 g/mol. The third-order valence-electron chi connectivity index (χ3n) is 4.52. The second kappa shape index (κ2) is 9.18. The van der Waals surface area contributed by atoms with E-state index >= 15 is 0 Å². The largest absolute Gasteiger partial charge is 0.380 e. The number of imidazole rings is 1. The SMILES string of the molecule is C=Cn1ccnc1C(O)P(=S)(CCc1ccccn1)CCc1ccccn1. The van der Waals surface area contributed by atoms with Gasteiger partial charge in [-0.3, -0.25) is 9.97 Å². The van der Waals surface area contributed by atoms with Crippen molar-refractivity contribution < 1.29 is 5.11 Å². The summed E-state index contributed by atoms with van der Waals surface area (Å²) in [5, 5.41) is 11.2. The van der Waals surface area contributed by atoms with Crippen LogP contribution in [0, 0.1) is 0 Å². The molecule has 1 N–H and O–H groups in total. The summed E-state index contributed by atoms with van der Waals surface area (Å²) in [5.74, 6) is -0.219. The van der Waals surface area contributed by atoms with Crippen LogP contribution in [0.3, 0.4) is 0 Å². The molecule has 0 spiro atoms. The van der Waals surface area contributed by atoms with Gasteiger partial charge in [0.25, 0.3) is 0 Å². The molecule has 0 aliphatic carbocycles. The standard InChI is InChI=1S/C20H23N4OPS/c1-2-24-14-13-23-19(24)20(25)26(27,15-9-17-7-3-5-11-21-17)16-10-18-8-4-6-12-22-18/h2-8,11-14,20,25H,1,9-10,15-16H2. The Hall–Kier alpha value is -2.14. The zero-order valence-electron chi connectivity index (χ0n) is 15.1. The van der Waals surface area contributed by atoms with Gasteiger partial charge in [-0.2, -0.15) is 0 Å². The van der Waals surface area contributed by atoms with Crippen molar-refractivity contribution in [3.05, 3.63) is 85.0 Å². The number of aliphatic hydroxyl groups is 1. The first kappa shape index (κ1) is 19.6. The Kier molecular flexibility index (Phi) is 6.67. The zero-order chi connectivity index (χ0) is 19.1. The summed E-state index contributed by atoms with van der Waals surface area (Å²) in [6, 6.07) is 9.54. The Bertz CT molecular complexity index is 867. The van der Waals surface area contributed by atoms with Crippen molar-refractivity contribution >= 4 is 24.0 Å². The van der Waals surface area contributed by atoms with Crippen LogP contribution in [0.2, 0.25) is 0 Å². The maximum absolute atomic E-state index is 11.2. The minimum Gasteiger partial charge on any atom is -0.380 e. The van der Waals surface area contributed by atoms with Crippen LogP contribution in [-0.4, -0.2) is 36.9 Å². The van der Waals surface area contributed by atoms with E-state index < -0.39 is 11.9 Å². The van der Waals surface area contributed by atoms with Crippen molar-refractivity contribution in [2.24, 2.45) is 0 Å². The molecule has 0 saturated heterocycles. The van der Waals surface area contributed by atoms with Gasteiger partial charge in [-0.25, -0.2) is 4.98 Å². The number of aromatic nitrogens is 4. The van der Waals surface area contributed by atoms with Crippen molar-refractivity contribution in [2.45, 2.75) is 18.7 Å². The summed E-state index contributed by atoms with van der Waals surface area (Å²) >= 11 is 6.10. The Morgan fingerprint density at radius 3 is 2.07 bits per heavy atom. The molecule has 0 radical (unpaired) electrons.